The SMILES string of the molecule is Cc1ccc2c(c1)CCCN2c1nc(C)c(C(=O)O)s1. The topological polar surface area (TPSA) is 53.4 Å². The number of rotatable bonds is 2. The van der Waals surface area contributed by atoms with Gasteiger partial charge in [0.25, 0.3) is 0 Å². The first-order valence-corrected chi connectivity index (χ1v) is 7.45. The van der Waals surface area contributed by atoms with Crippen molar-refractivity contribution in [2.45, 2.75) is 26.7 Å². The largest absolute Gasteiger partial charge is 0.477 e. The highest BCUT2D eigenvalue weighted by molar-refractivity contribution is 7.17. The highest BCUT2D eigenvalue weighted by Gasteiger charge is 2.23. The summed E-state index contributed by atoms with van der Waals surface area (Å²) in [4.78, 5) is 18.1. The fourth-order valence-electron chi connectivity index (χ4n) is 2.62. The monoisotopic (exact) mass is 288 g/mol. The van der Waals surface area contributed by atoms with Crippen molar-refractivity contribution in [3.63, 3.8) is 0 Å². The van der Waals surface area contributed by atoms with Crippen LogP contribution in [0.15, 0.2) is 18.2 Å². The van der Waals surface area contributed by atoms with E-state index in [1.54, 1.807) is 6.92 Å². The molecular formula is C15H16N2O2S. The third-order valence-electron chi connectivity index (χ3n) is 3.56. The van der Waals surface area contributed by atoms with E-state index < -0.39 is 5.97 Å². The van der Waals surface area contributed by atoms with E-state index in [1.807, 2.05) is 0 Å². The zero-order valence-electron chi connectivity index (χ0n) is 11.5. The van der Waals surface area contributed by atoms with Crippen LogP contribution in [-0.4, -0.2) is 22.6 Å². The van der Waals surface area contributed by atoms with E-state index in [4.69, 9.17) is 5.11 Å². The standard InChI is InChI=1S/C15H16N2O2S/c1-9-5-6-12-11(8-9)4-3-7-17(12)15-16-10(2)13(20-15)14(18)19/h5-6,8H,3-4,7H2,1-2H3,(H,18,19). The molecule has 1 aliphatic rings. The fraction of sp³-hybridized carbons (Fsp3) is 0.333. The van der Waals surface area contributed by atoms with E-state index in [1.165, 1.54) is 22.5 Å². The number of carbonyl (C=O) groups is 1. The molecular weight excluding hydrogens is 272 g/mol. The van der Waals surface area contributed by atoms with Gasteiger partial charge >= 0.3 is 5.97 Å². The Morgan fingerprint density at radius 1 is 1.40 bits per heavy atom. The molecule has 0 saturated heterocycles. The maximum absolute atomic E-state index is 11.2. The minimum absolute atomic E-state index is 0.333. The summed E-state index contributed by atoms with van der Waals surface area (Å²) >= 11 is 1.26. The average molecular weight is 288 g/mol. The number of hydrogen-bond donors (Lipinski definition) is 1. The Morgan fingerprint density at radius 3 is 2.90 bits per heavy atom. The van der Waals surface area contributed by atoms with Gasteiger partial charge in [0.15, 0.2) is 5.13 Å². The van der Waals surface area contributed by atoms with Gasteiger partial charge in [0.1, 0.15) is 4.88 Å². The number of carboxylic acid groups (broad SMARTS) is 1. The fourth-order valence-corrected chi connectivity index (χ4v) is 3.57. The van der Waals surface area contributed by atoms with Gasteiger partial charge < -0.3 is 10.0 Å². The molecule has 104 valence electrons. The third kappa shape index (κ3) is 2.18. The second kappa shape index (κ2) is 4.90. The number of thiazole rings is 1. The number of nitrogens with zero attached hydrogens (tertiary/aromatic N) is 2. The zero-order valence-corrected chi connectivity index (χ0v) is 12.3. The summed E-state index contributed by atoms with van der Waals surface area (Å²) in [5.74, 6) is -0.896. The van der Waals surface area contributed by atoms with Crippen LogP contribution in [0, 0.1) is 13.8 Å². The molecule has 2 heterocycles. The van der Waals surface area contributed by atoms with Crippen LogP contribution in [-0.2, 0) is 6.42 Å². The van der Waals surface area contributed by atoms with Gasteiger partial charge in [-0.3, -0.25) is 0 Å². The molecule has 1 aliphatic heterocycles. The number of anilines is 2. The predicted molar refractivity (Wildman–Crippen MR) is 80.3 cm³/mol. The smallest absolute Gasteiger partial charge is 0.347 e. The predicted octanol–water partition coefficient (Wildman–Crippen LogP) is 3.54. The van der Waals surface area contributed by atoms with Gasteiger partial charge in [-0.1, -0.05) is 29.0 Å². The molecule has 4 nitrogen and oxygen atoms in total. The molecule has 5 heteroatoms. The van der Waals surface area contributed by atoms with E-state index in [9.17, 15) is 4.79 Å². The van der Waals surface area contributed by atoms with E-state index in [0.29, 0.717) is 10.6 Å². The van der Waals surface area contributed by atoms with Crippen molar-refractivity contribution in [1.29, 1.82) is 0 Å². The van der Waals surface area contributed by atoms with Crippen molar-refractivity contribution in [2.75, 3.05) is 11.4 Å². The molecule has 0 fully saturated rings. The molecule has 0 atom stereocenters. The molecule has 0 bridgehead atoms. The van der Waals surface area contributed by atoms with Crippen molar-refractivity contribution in [1.82, 2.24) is 4.98 Å². The summed E-state index contributed by atoms with van der Waals surface area (Å²) in [6.07, 6.45) is 2.14. The number of benzene rings is 1. The maximum atomic E-state index is 11.2. The lowest BCUT2D eigenvalue weighted by molar-refractivity contribution is 0.0701. The van der Waals surface area contributed by atoms with Crippen LogP contribution in [0.4, 0.5) is 10.8 Å². The number of carboxylic acids is 1. The van der Waals surface area contributed by atoms with Crippen LogP contribution in [0.1, 0.15) is 32.9 Å². The molecule has 20 heavy (non-hydrogen) atoms. The first-order valence-electron chi connectivity index (χ1n) is 6.64. The van der Waals surface area contributed by atoms with E-state index >= 15 is 0 Å². The number of aryl methyl sites for hydroxylation is 3. The Morgan fingerprint density at radius 2 is 2.20 bits per heavy atom. The van der Waals surface area contributed by atoms with Gasteiger partial charge in [-0.2, -0.15) is 0 Å². The molecule has 0 unspecified atom stereocenters. The Kier molecular flexibility index (Phi) is 3.22. The van der Waals surface area contributed by atoms with Gasteiger partial charge in [0.2, 0.25) is 0 Å². The molecule has 0 saturated carbocycles. The number of fused-ring (bicyclic) bond motifs is 1. The molecule has 0 aliphatic carbocycles. The molecule has 2 aromatic rings. The van der Waals surface area contributed by atoms with Crippen LogP contribution >= 0.6 is 11.3 Å². The van der Waals surface area contributed by atoms with Crippen molar-refractivity contribution in [3.8, 4) is 0 Å². The average Bonchev–Trinajstić information content (AvgIpc) is 2.79. The molecule has 0 radical (unpaired) electrons. The van der Waals surface area contributed by atoms with Gasteiger partial charge in [-0.15, -0.1) is 0 Å². The van der Waals surface area contributed by atoms with Crippen molar-refractivity contribution < 1.29 is 9.90 Å². The molecule has 1 aromatic carbocycles. The second-order valence-corrected chi connectivity index (χ2v) is 6.08. The normalized spacial score (nSPS) is 14.2. The van der Waals surface area contributed by atoms with Gasteiger partial charge in [-0.05, 0) is 38.3 Å². The Balaban J connectivity index is 2.04. The molecule has 1 N–H and O–H groups in total. The van der Waals surface area contributed by atoms with E-state index in [0.717, 1.165) is 30.2 Å². The van der Waals surface area contributed by atoms with Crippen molar-refractivity contribution >= 4 is 28.1 Å². The Hall–Kier alpha value is -1.88. The maximum Gasteiger partial charge on any atom is 0.347 e. The summed E-state index contributed by atoms with van der Waals surface area (Å²) in [6.45, 7) is 4.74. The van der Waals surface area contributed by atoms with Gasteiger partial charge in [0, 0.05) is 12.2 Å². The summed E-state index contributed by atoms with van der Waals surface area (Å²) in [5, 5.41) is 9.94. The lowest BCUT2D eigenvalue weighted by Gasteiger charge is -2.29. The van der Waals surface area contributed by atoms with E-state index in [-0.39, 0.29) is 0 Å². The summed E-state index contributed by atoms with van der Waals surface area (Å²) < 4.78 is 0. The number of aromatic carboxylic acids is 1. The summed E-state index contributed by atoms with van der Waals surface area (Å²) in [5.41, 5.74) is 4.33. The zero-order chi connectivity index (χ0) is 14.3. The molecule has 0 amide bonds. The lowest BCUT2D eigenvalue weighted by atomic mass is 10.00. The molecule has 1 aromatic heterocycles. The minimum atomic E-state index is -0.896. The van der Waals surface area contributed by atoms with Crippen LogP contribution < -0.4 is 4.90 Å². The van der Waals surface area contributed by atoms with Crippen LogP contribution in [0.2, 0.25) is 0 Å². The second-order valence-electron chi connectivity index (χ2n) is 5.10. The molecule has 3 rings (SSSR count). The van der Waals surface area contributed by atoms with Crippen LogP contribution in [0.25, 0.3) is 0 Å². The first kappa shape index (κ1) is 13.1. The van der Waals surface area contributed by atoms with E-state index in [2.05, 4.69) is 35.0 Å². The van der Waals surface area contributed by atoms with Crippen LogP contribution in [0.3, 0.4) is 0 Å². The number of aromatic nitrogens is 1. The number of hydrogen-bond acceptors (Lipinski definition) is 4. The van der Waals surface area contributed by atoms with Gasteiger partial charge in [-0.25, -0.2) is 9.78 Å². The first-order chi connectivity index (χ1) is 9.56. The highest BCUT2D eigenvalue weighted by Crippen LogP contribution is 2.37. The lowest BCUT2D eigenvalue weighted by Crippen LogP contribution is -2.24. The molecule has 0 spiro atoms. The van der Waals surface area contributed by atoms with Gasteiger partial charge in [0.05, 0.1) is 5.69 Å². The quantitative estimate of drug-likeness (QED) is 0.918. The summed E-state index contributed by atoms with van der Waals surface area (Å²) in [7, 11) is 0. The third-order valence-corrected chi connectivity index (χ3v) is 4.73. The van der Waals surface area contributed by atoms with Crippen molar-refractivity contribution in [2.24, 2.45) is 0 Å². The minimum Gasteiger partial charge on any atom is -0.477 e. The Bertz CT molecular complexity index is 679. The Labute approximate surface area is 121 Å². The van der Waals surface area contributed by atoms with Crippen molar-refractivity contribution in [3.05, 3.63) is 39.9 Å². The highest BCUT2D eigenvalue weighted by atomic mass is 32.1. The summed E-state index contributed by atoms with van der Waals surface area (Å²) in [6, 6.07) is 6.41. The van der Waals surface area contributed by atoms with Crippen LogP contribution in [0.5, 0.6) is 0 Å².